The second-order valence-electron chi connectivity index (χ2n) is 4.80. The normalized spacial score (nSPS) is 12.6. The third-order valence-corrected chi connectivity index (χ3v) is 3.05. The largest absolute Gasteiger partial charge is 0.372 e. The molecule has 102 valence electrons. The molecule has 18 heavy (non-hydrogen) atoms. The molecule has 1 aromatic rings. The molecule has 0 aliphatic rings. The number of nitrogens with zero attached hydrogens (tertiary/aromatic N) is 1. The Bertz CT molecular complexity index is 328. The van der Waals surface area contributed by atoms with E-state index in [4.69, 9.17) is 10.5 Å². The summed E-state index contributed by atoms with van der Waals surface area (Å²) in [6, 6.07) is 5.92. The van der Waals surface area contributed by atoms with E-state index in [1.165, 1.54) is 25.7 Å². The van der Waals surface area contributed by atoms with Gasteiger partial charge in [-0.25, -0.2) is 0 Å². The maximum absolute atomic E-state index is 5.80. The van der Waals surface area contributed by atoms with Gasteiger partial charge in [0.2, 0.25) is 0 Å². The average Bonchev–Trinajstić information content (AvgIpc) is 2.41. The highest BCUT2D eigenvalue weighted by Gasteiger charge is 2.03. The van der Waals surface area contributed by atoms with Crippen LogP contribution in [0.4, 0.5) is 0 Å². The number of pyridine rings is 1. The molecule has 1 rings (SSSR count). The van der Waals surface area contributed by atoms with Gasteiger partial charge in [0.1, 0.15) is 0 Å². The van der Waals surface area contributed by atoms with Gasteiger partial charge in [-0.3, -0.25) is 4.98 Å². The van der Waals surface area contributed by atoms with Crippen LogP contribution in [0.1, 0.15) is 57.3 Å². The Kier molecular flexibility index (Phi) is 7.62. The summed E-state index contributed by atoms with van der Waals surface area (Å²) in [5, 5.41) is 0. The first-order valence-electron chi connectivity index (χ1n) is 7.02. The lowest BCUT2D eigenvalue weighted by atomic mass is 10.1. The van der Waals surface area contributed by atoms with Gasteiger partial charge < -0.3 is 10.5 Å². The molecule has 1 heterocycles. The number of nitrogens with two attached hydrogens (primary N) is 1. The van der Waals surface area contributed by atoms with Crippen molar-refractivity contribution in [3.05, 3.63) is 29.6 Å². The SMILES string of the molecule is CCCCCCC(C)OCc1cccc(CN)n1. The van der Waals surface area contributed by atoms with E-state index in [9.17, 15) is 0 Å². The summed E-state index contributed by atoms with van der Waals surface area (Å²) in [7, 11) is 0. The van der Waals surface area contributed by atoms with E-state index in [0.29, 0.717) is 19.3 Å². The van der Waals surface area contributed by atoms with Gasteiger partial charge in [-0.05, 0) is 25.5 Å². The monoisotopic (exact) mass is 250 g/mol. The van der Waals surface area contributed by atoms with E-state index < -0.39 is 0 Å². The van der Waals surface area contributed by atoms with Gasteiger partial charge in [-0.1, -0.05) is 38.7 Å². The van der Waals surface area contributed by atoms with Gasteiger partial charge in [0.15, 0.2) is 0 Å². The Balaban J connectivity index is 2.22. The van der Waals surface area contributed by atoms with E-state index in [1.807, 2.05) is 18.2 Å². The van der Waals surface area contributed by atoms with Crippen LogP contribution in [0.2, 0.25) is 0 Å². The minimum Gasteiger partial charge on any atom is -0.372 e. The smallest absolute Gasteiger partial charge is 0.0891 e. The number of aromatic nitrogens is 1. The van der Waals surface area contributed by atoms with Crippen LogP contribution in [0.15, 0.2) is 18.2 Å². The molecule has 1 atom stereocenters. The summed E-state index contributed by atoms with van der Waals surface area (Å²) in [5.74, 6) is 0. The lowest BCUT2D eigenvalue weighted by molar-refractivity contribution is 0.0439. The summed E-state index contributed by atoms with van der Waals surface area (Å²) in [4.78, 5) is 4.42. The Hall–Kier alpha value is -0.930. The highest BCUT2D eigenvalue weighted by atomic mass is 16.5. The van der Waals surface area contributed by atoms with Gasteiger partial charge >= 0.3 is 0 Å². The molecular weight excluding hydrogens is 224 g/mol. The second kappa shape index (κ2) is 9.06. The zero-order valence-electron chi connectivity index (χ0n) is 11.7. The zero-order chi connectivity index (χ0) is 13.2. The number of rotatable bonds is 9. The standard InChI is InChI=1S/C15H26N2O/c1-3-4-5-6-8-13(2)18-12-15-10-7-9-14(11-16)17-15/h7,9-10,13H,3-6,8,11-12,16H2,1-2H3. The number of hydrogen-bond acceptors (Lipinski definition) is 3. The molecule has 0 radical (unpaired) electrons. The first-order chi connectivity index (χ1) is 8.76. The summed E-state index contributed by atoms with van der Waals surface area (Å²) < 4.78 is 5.80. The predicted molar refractivity (Wildman–Crippen MR) is 75.1 cm³/mol. The van der Waals surface area contributed by atoms with Crippen molar-refractivity contribution in [3.8, 4) is 0 Å². The number of unbranched alkanes of at least 4 members (excludes halogenated alkanes) is 3. The maximum atomic E-state index is 5.80. The van der Waals surface area contributed by atoms with E-state index in [2.05, 4.69) is 18.8 Å². The molecule has 0 saturated heterocycles. The molecule has 3 nitrogen and oxygen atoms in total. The van der Waals surface area contributed by atoms with Gasteiger partial charge in [0.25, 0.3) is 0 Å². The maximum Gasteiger partial charge on any atom is 0.0891 e. The van der Waals surface area contributed by atoms with Gasteiger partial charge in [0.05, 0.1) is 24.1 Å². The minimum absolute atomic E-state index is 0.310. The van der Waals surface area contributed by atoms with Crippen molar-refractivity contribution in [2.24, 2.45) is 5.73 Å². The molecule has 0 bridgehead atoms. The molecule has 0 aromatic carbocycles. The first kappa shape index (κ1) is 15.1. The molecule has 2 N–H and O–H groups in total. The van der Waals surface area contributed by atoms with Crippen LogP contribution in [0.25, 0.3) is 0 Å². The van der Waals surface area contributed by atoms with Gasteiger partial charge in [-0.2, -0.15) is 0 Å². The first-order valence-corrected chi connectivity index (χ1v) is 7.02. The molecule has 0 aliphatic heterocycles. The van der Waals surface area contributed by atoms with Crippen LogP contribution >= 0.6 is 0 Å². The fraction of sp³-hybridized carbons (Fsp3) is 0.667. The summed E-state index contributed by atoms with van der Waals surface area (Å²) >= 11 is 0. The van der Waals surface area contributed by atoms with E-state index >= 15 is 0 Å². The lowest BCUT2D eigenvalue weighted by Crippen LogP contribution is -2.09. The quantitative estimate of drug-likeness (QED) is 0.683. The van der Waals surface area contributed by atoms with Crippen molar-refractivity contribution in [2.75, 3.05) is 0 Å². The van der Waals surface area contributed by atoms with Crippen LogP contribution in [0.5, 0.6) is 0 Å². The fourth-order valence-corrected chi connectivity index (χ4v) is 1.89. The third-order valence-electron chi connectivity index (χ3n) is 3.05. The highest BCUT2D eigenvalue weighted by Crippen LogP contribution is 2.10. The van der Waals surface area contributed by atoms with Crippen molar-refractivity contribution in [1.82, 2.24) is 4.98 Å². The topological polar surface area (TPSA) is 48.1 Å². The van der Waals surface area contributed by atoms with Crippen LogP contribution in [0.3, 0.4) is 0 Å². The molecule has 0 spiro atoms. The predicted octanol–water partition coefficient (Wildman–Crippen LogP) is 3.42. The van der Waals surface area contributed by atoms with Crippen molar-refractivity contribution < 1.29 is 4.74 Å². The Morgan fingerprint density at radius 2 is 2.00 bits per heavy atom. The molecule has 1 unspecified atom stereocenters. The Morgan fingerprint density at radius 3 is 2.72 bits per heavy atom. The molecule has 0 amide bonds. The lowest BCUT2D eigenvalue weighted by Gasteiger charge is -2.12. The molecular formula is C15H26N2O. The number of hydrogen-bond donors (Lipinski definition) is 1. The molecule has 3 heteroatoms. The molecule has 0 aliphatic carbocycles. The third kappa shape index (κ3) is 6.12. The van der Waals surface area contributed by atoms with Crippen molar-refractivity contribution in [2.45, 2.75) is 65.2 Å². The summed E-state index contributed by atoms with van der Waals surface area (Å²) in [6.07, 6.45) is 6.62. The Labute approximate surface area is 111 Å². The average molecular weight is 250 g/mol. The van der Waals surface area contributed by atoms with E-state index in [0.717, 1.165) is 17.8 Å². The zero-order valence-corrected chi connectivity index (χ0v) is 11.7. The van der Waals surface area contributed by atoms with Crippen LogP contribution in [-0.2, 0) is 17.9 Å². The van der Waals surface area contributed by atoms with Crippen LogP contribution in [0, 0.1) is 0 Å². The van der Waals surface area contributed by atoms with Gasteiger partial charge in [-0.15, -0.1) is 0 Å². The van der Waals surface area contributed by atoms with Gasteiger partial charge in [0, 0.05) is 6.54 Å². The van der Waals surface area contributed by atoms with Crippen LogP contribution < -0.4 is 5.73 Å². The van der Waals surface area contributed by atoms with E-state index in [1.54, 1.807) is 0 Å². The van der Waals surface area contributed by atoms with E-state index in [-0.39, 0.29) is 0 Å². The van der Waals surface area contributed by atoms with Crippen LogP contribution in [-0.4, -0.2) is 11.1 Å². The summed E-state index contributed by atoms with van der Waals surface area (Å²) in [5.41, 5.74) is 7.46. The molecule has 0 fully saturated rings. The van der Waals surface area contributed by atoms with Crippen molar-refractivity contribution in [3.63, 3.8) is 0 Å². The van der Waals surface area contributed by atoms with Crippen molar-refractivity contribution in [1.29, 1.82) is 0 Å². The molecule has 1 aromatic heterocycles. The number of ether oxygens (including phenoxy) is 1. The highest BCUT2D eigenvalue weighted by molar-refractivity contribution is 5.10. The minimum atomic E-state index is 0.310. The Morgan fingerprint density at radius 1 is 1.22 bits per heavy atom. The second-order valence-corrected chi connectivity index (χ2v) is 4.80. The van der Waals surface area contributed by atoms with Crippen molar-refractivity contribution >= 4 is 0 Å². The molecule has 0 saturated carbocycles. The fourth-order valence-electron chi connectivity index (χ4n) is 1.89. The summed E-state index contributed by atoms with van der Waals surface area (Å²) in [6.45, 7) is 5.44.